The van der Waals surface area contributed by atoms with Crippen LogP contribution in [0.4, 0.5) is 0 Å². The smallest absolute Gasteiger partial charge is 0.122 e. The van der Waals surface area contributed by atoms with Gasteiger partial charge in [0.2, 0.25) is 0 Å². The standard InChI is InChI=1S/C22H31NO4/c1-18-8-4-5-11-22(18)27-17-20(24)16-23(12-7-13-25-2)15-19-9-6-10-21(14-19)26-3/h4-6,8-11,14,20,24H,7,12-13,15-17H2,1-3H3/t20-/m0/s1. The first-order chi connectivity index (χ1) is 13.1. The molecule has 0 spiro atoms. The van der Waals surface area contributed by atoms with Crippen LogP contribution < -0.4 is 9.47 Å². The monoisotopic (exact) mass is 373 g/mol. The van der Waals surface area contributed by atoms with Crippen molar-refractivity contribution in [3.8, 4) is 11.5 Å². The Morgan fingerprint density at radius 3 is 2.63 bits per heavy atom. The zero-order chi connectivity index (χ0) is 19.5. The highest BCUT2D eigenvalue weighted by Gasteiger charge is 2.14. The molecule has 0 heterocycles. The van der Waals surface area contributed by atoms with Gasteiger partial charge in [-0.3, -0.25) is 4.90 Å². The van der Waals surface area contributed by atoms with Crippen LogP contribution in [0.25, 0.3) is 0 Å². The number of benzene rings is 2. The van der Waals surface area contributed by atoms with E-state index in [-0.39, 0.29) is 6.61 Å². The van der Waals surface area contributed by atoms with Gasteiger partial charge in [-0.05, 0) is 42.7 Å². The van der Waals surface area contributed by atoms with Gasteiger partial charge in [0.05, 0.1) is 7.11 Å². The summed E-state index contributed by atoms with van der Waals surface area (Å²) < 4.78 is 16.3. The number of aryl methyl sites for hydroxylation is 1. The molecule has 2 rings (SSSR count). The predicted molar refractivity (Wildman–Crippen MR) is 107 cm³/mol. The number of ether oxygens (including phenoxy) is 3. The van der Waals surface area contributed by atoms with Crippen molar-refractivity contribution in [2.45, 2.75) is 26.0 Å². The van der Waals surface area contributed by atoms with Crippen LogP contribution in [0.3, 0.4) is 0 Å². The number of hydrogen-bond donors (Lipinski definition) is 1. The minimum absolute atomic E-state index is 0.268. The SMILES string of the molecule is COCCCN(Cc1cccc(OC)c1)C[C@H](O)COc1ccccc1C. The minimum atomic E-state index is -0.572. The summed E-state index contributed by atoms with van der Waals surface area (Å²) in [7, 11) is 3.37. The van der Waals surface area contributed by atoms with Gasteiger partial charge in [0.25, 0.3) is 0 Å². The summed E-state index contributed by atoms with van der Waals surface area (Å²) in [4.78, 5) is 2.22. The Kier molecular flexibility index (Phi) is 9.11. The van der Waals surface area contributed by atoms with Gasteiger partial charge >= 0.3 is 0 Å². The molecule has 0 saturated heterocycles. The lowest BCUT2D eigenvalue weighted by Crippen LogP contribution is -2.36. The highest BCUT2D eigenvalue weighted by atomic mass is 16.5. The van der Waals surface area contributed by atoms with Crippen LogP contribution in [0.15, 0.2) is 48.5 Å². The van der Waals surface area contributed by atoms with Gasteiger partial charge in [-0.1, -0.05) is 30.3 Å². The van der Waals surface area contributed by atoms with Crippen LogP contribution in [0.1, 0.15) is 17.5 Å². The third-order valence-corrected chi connectivity index (χ3v) is 4.36. The molecule has 0 unspecified atom stereocenters. The Hall–Kier alpha value is -2.08. The first-order valence-corrected chi connectivity index (χ1v) is 9.33. The van der Waals surface area contributed by atoms with Crippen molar-refractivity contribution in [1.82, 2.24) is 4.90 Å². The molecule has 0 aliphatic carbocycles. The average molecular weight is 373 g/mol. The van der Waals surface area contributed by atoms with Crippen LogP contribution in [-0.4, -0.2) is 56.6 Å². The lowest BCUT2D eigenvalue weighted by Gasteiger charge is -2.25. The molecular formula is C22H31NO4. The molecule has 1 N–H and O–H groups in total. The number of methoxy groups -OCH3 is 2. The first kappa shape index (κ1) is 21.2. The van der Waals surface area contributed by atoms with Crippen molar-refractivity contribution < 1.29 is 19.3 Å². The summed E-state index contributed by atoms with van der Waals surface area (Å²) >= 11 is 0. The van der Waals surface area contributed by atoms with Crippen LogP contribution in [0.2, 0.25) is 0 Å². The molecule has 2 aromatic carbocycles. The molecule has 2 aromatic rings. The molecular weight excluding hydrogens is 342 g/mol. The molecule has 0 aromatic heterocycles. The maximum absolute atomic E-state index is 10.5. The normalized spacial score (nSPS) is 12.2. The van der Waals surface area contributed by atoms with Gasteiger partial charge < -0.3 is 19.3 Å². The number of para-hydroxylation sites is 1. The Bertz CT molecular complexity index is 677. The molecule has 0 bridgehead atoms. The second kappa shape index (κ2) is 11.6. The van der Waals surface area contributed by atoms with Crippen molar-refractivity contribution >= 4 is 0 Å². The fraction of sp³-hybridized carbons (Fsp3) is 0.455. The molecule has 0 fully saturated rings. The fourth-order valence-corrected chi connectivity index (χ4v) is 2.95. The average Bonchev–Trinajstić information content (AvgIpc) is 2.67. The van der Waals surface area contributed by atoms with Gasteiger partial charge in [0.15, 0.2) is 0 Å². The van der Waals surface area contributed by atoms with Gasteiger partial charge in [-0.25, -0.2) is 0 Å². The molecule has 1 atom stereocenters. The minimum Gasteiger partial charge on any atom is -0.497 e. The molecule has 5 nitrogen and oxygen atoms in total. The second-order valence-corrected chi connectivity index (χ2v) is 6.66. The molecule has 0 amide bonds. The Morgan fingerprint density at radius 2 is 1.89 bits per heavy atom. The van der Waals surface area contributed by atoms with Crippen molar-refractivity contribution in [3.63, 3.8) is 0 Å². The summed E-state index contributed by atoms with van der Waals surface area (Å²) in [5.41, 5.74) is 2.22. The van der Waals surface area contributed by atoms with E-state index in [9.17, 15) is 5.11 Å². The highest BCUT2D eigenvalue weighted by Crippen LogP contribution is 2.17. The van der Waals surface area contributed by atoms with Crippen molar-refractivity contribution in [1.29, 1.82) is 0 Å². The number of nitrogens with zero attached hydrogens (tertiary/aromatic N) is 1. The summed E-state index contributed by atoms with van der Waals surface area (Å²) in [5.74, 6) is 1.66. The molecule has 0 aliphatic rings. The number of hydrogen-bond acceptors (Lipinski definition) is 5. The molecule has 0 aliphatic heterocycles. The third-order valence-electron chi connectivity index (χ3n) is 4.36. The molecule has 0 saturated carbocycles. The van der Waals surface area contributed by atoms with E-state index in [0.29, 0.717) is 13.2 Å². The van der Waals surface area contributed by atoms with Crippen molar-refractivity contribution in [3.05, 3.63) is 59.7 Å². The Balaban J connectivity index is 1.92. The predicted octanol–water partition coefficient (Wildman–Crippen LogP) is 3.28. The van der Waals surface area contributed by atoms with E-state index in [0.717, 1.165) is 42.1 Å². The Morgan fingerprint density at radius 1 is 1.07 bits per heavy atom. The van der Waals surface area contributed by atoms with Crippen LogP contribution >= 0.6 is 0 Å². The zero-order valence-electron chi connectivity index (χ0n) is 16.6. The summed E-state index contributed by atoms with van der Waals surface area (Å²) in [6.07, 6.45) is 0.337. The fourth-order valence-electron chi connectivity index (χ4n) is 2.95. The first-order valence-electron chi connectivity index (χ1n) is 9.33. The maximum atomic E-state index is 10.5. The van der Waals surface area contributed by atoms with E-state index in [1.54, 1.807) is 14.2 Å². The van der Waals surface area contributed by atoms with Gasteiger partial charge in [0, 0.05) is 33.4 Å². The van der Waals surface area contributed by atoms with E-state index < -0.39 is 6.10 Å². The summed E-state index contributed by atoms with van der Waals surface area (Å²) in [6.45, 7) is 5.08. The lowest BCUT2D eigenvalue weighted by molar-refractivity contribution is 0.0615. The quantitative estimate of drug-likeness (QED) is 0.579. The molecule has 27 heavy (non-hydrogen) atoms. The van der Waals surface area contributed by atoms with Crippen LogP contribution in [0, 0.1) is 6.92 Å². The number of aliphatic hydroxyl groups excluding tert-OH is 1. The molecule has 148 valence electrons. The van der Waals surface area contributed by atoms with Crippen molar-refractivity contribution in [2.75, 3.05) is 40.5 Å². The third kappa shape index (κ3) is 7.59. The number of aliphatic hydroxyl groups is 1. The van der Waals surface area contributed by atoms with Crippen LogP contribution in [0.5, 0.6) is 11.5 Å². The van der Waals surface area contributed by atoms with E-state index in [1.807, 2.05) is 49.4 Å². The topological polar surface area (TPSA) is 51.2 Å². The largest absolute Gasteiger partial charge is 0.497 e. The van der Waals surface area contributed by atoms with E-state index in [2.05, 4.69) is 11.0 Å². The van der Waals surface area contributed by atoms with E-state index in [4.69, 9.17) is 14.2 Å². The molecule has 5 heteroatoms. The second-order valence-electron chi connectivity index (χ2n) is 6.66. The van der Waals surface area contributed by atoms with E-state index >= 15 is 0 Å². The van der Waals surface area contributed by atoms with Gasteiger partial charge in [0.1, 0.15) is 24.2 Å². The van der Waals surface area contributed by atoms with Crippen LogP contribution in [-0.2, 0) is 11.3 Å². The summed E-state index contributed by atoms with van der Waals surface area (Å²) in [5, 5.41) is 10.5. The van der Waals surface area contributed by atoms with Crippen molar-refractivity contribution in [2.24, 2.45) is 0 Å². The Labute approximate surface area is 162 Å². The molecule has 0 radical (unpaired) electrons. The summed E-state index contributed by atoms with van der Waals surface area (Å²) in [6, 6.07) is 15.9. The zero-order valence-corrected chi connectivity index (χ0v) is 16.6. The van der Waals surface area contributed by atoms with E-state index in [1.165, 1.54) is 0 Å². The lowest BCUT2D eigenvalue weighted by atomic mass is 10.2. The van der Waals surface area contributed by atoms with Gasteiger partial charge in [-0.15, -0.1) is 0 Å². The number of rotatable bonds is 12. The maximum Gasteiger partial charge on any atom is 0.122 e. The highest BCUT2D eigenvalue weighted by molar-refractivity contribution is 5.31. The van der Waals surface area contributed by atoms with Gasteiger partial charge in [-0.2, -0.15) is 0 Å².